The van der Waals surface area contributed by atoms with Crippen LogP contribution in [0.15, 0.2) is 23.6 Å². The molecule has 0 spiro atoms. The van der Waals surface area contributed by atoms with Crippen LogP contribution in [0.25, 0.3) is 10.6 Å². The van der Waals surface area contributed by atoms with Crippen LogP contribution in [0.5, 0.6) is 0 Å². The van der Waals surface area contributed by atoms with Gasteiger partial charge in [-0.25, -0.2) is 9.59 Å². The van der Waals surface area contributed by atoms with E-state index in [0.29, 0.717) is 11.3 Å². The molecule has 0 radical (unpaired) electrons. The summed E-state index contributed by atoms with van der Waals surface area (Å²) in [5, 5.41) is 11.7. The molecule has 0 unspecified atom stereocenters. The number of thiophene rings is 2. The Labute approximate surface area is 174 Å². The quantitative estimate of drug-likeness (QED) is 0.543. The Hall–Kier alpha value is -2.98. The van der Waals surface area contributed by atoms with E-state index in [2.05, 4.69) is 15.5 Å². The van der Waals surface area contributed by atoms with Gasteiger partial charge in [-0.1, -0.05) is 6.07 Å². The van der Waals surface area contributed by atoms with E-state index in [-0.39, 0.29) is 34.3 Å². The third kappa shape index (κ3) is 4.38. The standard InChI is InChI=1S/C19H19N3O5S2/c1-4-26-18(24)14-10(3)15(19(25)27-5-2)29-17(14)20-16(23)12-9-11(21-22-12)13-7-6-8-28-13/h6-9H,4-5H2,1-3H3,(H,20,23)(H,21,22). The van der Waals surface area contributed by atoms with Gasteiger partial charge >= 0.3 is 11.9 Å². The number of amides is 1. The number of anilines is 1. The summed E-state index contributed by atoms with van der Waals surface area (Å²) < 4.78 is 10.1. The number of aromatic nitrogens is 2. The molecule has 3 aromatic rings. The summed E-state index contributed by atoms with van der Waals surface area (Å²) in [6.45, 7) is 5.36. The minimum atomic E-state index is -0.617. The Bertz CT molecular complexity index is 1040. The van der Waals surface area contributed by atoms with E-state index < -0.39 is 17.8 Å². The van der Waals surface area contributed by atoms with E-state index in [0.717, 1.165) is 16.2 Å². The molecule has 29 heavy (non-hydrogen) atoms. The van der Waals surface area contributed by atoms with Crippen LogP contribution in [0, 0.1) is 6.92 Å². The molecule has 10 heteroatoms. The first-order valence-corrected chi connectivity index (χ1v) is 10.5. The molecule has 0 fully saturated rings. The summed E-state index contributed by atoms with van der Waals surface area (Å²) in [5.41, 5.74) is 1.42. The average molecular weight is 434 g/mol. The summed E-state index contributed by atoms with van der Waals surface area (Å²) in [6.07, 6.45) is 0. The molecule has 0 saturated heterocycles. The largest absolute Gasteiger partial charge is 0.462 e. The maximum absolute atomic E-state index is 12.7. The number of hydrogen-bond donors (Lipinski definition) is 2. The number of aromatic amines is 1. The second-order valence-corrected chi connectivity index (χ2v) is 7.77. The molecule has 0 bridgehead atoms. The van der Waals surface area contributed by atoms with Gasteiger partial charge < -0.3 is 14.8 Å². The highest BCUT2D eigenvalue weighted by molar-refractivity contribution is 7.18. The molecule has 8 nitrogen and oxygen atoms in total. The number of hydrogen-bond acceptors (Lipinski definition) is 8. The first kappa shape index (κ1) is 20.7. The fourth-order valence-electron chi connectivity index (χ4n) is 2.61. The number of H-pyrrole nitrogens is 1. The van der Waals surface area contributed by atoms with Crippen molar-refractivity contribution in [2.75, 3.05) is 18.5 Å². The molecule has 1 amide bonds. The van der Waals surface area contributed by atoms with E-state index >= 15 is 0 Å². The maximum Gasteiger partial charge on any atom is 0.348 e. The van der Waals surface area contributed by atoms with Crippen molar-refractivity contribution in [3.05, 3.63) is 45.3 Å². The number of carbonyl (C=O) groups is 3. The summed E-state index contributed by atoms with van der Waals surface area (Å²) in [6, 6.07) is 5.43. The normalized spacial score (nSPS) is 10.6. The van der Waals surface area contributed by atoms with Gasteiger partial charge in [0, 0.05) is 0 Å². The van der Waals surface area contributed by atoms with Gasteiger partial charge in [-0.3, -0.25) is 9.89 Å². The molecule has 0 aromatic carbocycles. The molecule has 0 aliphatic rings. The SMILES string of the molecule is CCOC(=O)c1sc(NC(=O)c2cc(-c3cccs3)[nH]n2)c(C(=O)OCC)c1C. The minimum absolute atomic E-state index is 0.141. The number of esters is 2. The zero-order chi connectivity index (χ0) is 21.0. The van der Waals surface area contributed by atoms with Crippen LogP contribution in [-0.2, 0) is 9.47 Å². The van der Waals surface area contributed by atoms with Crippen molar-refractivity contribution in [3.8, 4) is 10.6 Å². The first-order valence-electron chi connectivity index (χ1n) is 8.84. The molecule has 3 aromatic heterocycles. The van der Waals surface area contributed by atoms with Crippen molar-refractivity contribution < 1.29 is 23.9 Å². The van der Waals surface area contributed by atoms with Crippen molar-refractivity contribution >= 4 is 45.5 Å². The van der Waals surface area contributed by atoms with Crippen molar-refractivity contribution in [2.24, 2.45) is 0 Å². The Morgan fingerprint density at radius 3 is 2.55 bits per heavy atom. The lowest BCUT2D eigenvalue weighted by Crippen LogP contribution is -2.15. The van der Waals surface area contributed by atoms with Crippen LogP contribution in [0.2, 0.25) is 0 Å². The van der Waals surface area contributed by atoms with Crippen LogP contribution >= 0.6 is 22.7 Å². The monoisotopic (exact) mass is 433 g/mol. The first-order chi connectivity index (χ1) is 14.0. The van der Waals surface area contributed by atoms with Crippen LogP contribution in [0.4, 0.5) is 5.00 Å². The third-order valence-corrected chi connectivity index (χ3v) is 6.00. The lowest BCUT2D eigenvalue weighted by molar-refractivity contribution is 0.0527. The molecule has 0 aliphatic carbocycles. The number of nitrogens with zero attached hydrogens (tertiary/aromatic N) is 1. The highest BCUT2D eigenvalue weighted by atomic mass is 32.1. The lowest BCUT2D eigenvalue weighted by atomic mass is 10.1. The topological polar surface area (TPSA) is 110 Å². The molecule has 0 atom stereocenters. The summed E-state index contributed by atoms with van der Waals surface area (Å²) >= 11 is 2.49. The fourth-order valence-corrected chi connectivity index (χ4v) is 4.38. The molecule has 152 valence electrons. The number of rotatable bonds is 7. The number of nitrogens with one attached hydrogen (secondary N) is 2. The molecule has 0 saturated carbocycles. The van der Waals surface area contributed by atoms with E-state index in [1.54, 1.807) is 26.8 Å². The third-order valence-electron chi connectivity index (χ3n) is 3.91. The Kier molecular flexibility index (Phi) is 6.45. The van der Waals surface area contributed by atoms with Crippen LogP contribution in [-0.4, -0.2) is 41.3 Å². The van der Waals surface area contributed by atoms with Crippen molar-refractivity contribution in [1.29, 1.82) is 0 Å². The molecule has 2 N–H and O–H groups in total. The van der Waals surface area contributed by atoms with Gasteiger partial charge in [-0.15, -0.1) is 22.7 Å². The summed E-state index contributed by atoms with van der Waals surface area (Å²) in [5.74, 6) is -1.68. The number of carbonyl (C=O) groups excluding carboxylic acids is 3. The molecular weight excluding hydrogens is 414 g/mol. The Morgan fingerprint density at radius 1 is 1.17 bits per heavy atom. The zero-order valence-corrected chi connectivity index (χ0v) is 17.7. The Morgan fingerprint density at radius 2 is 1.90 bits per heavy atom. The molecule has 0 aliphatic heterocycles. The predicted octanol–water partition coefficient (Wildman–Crippen LogP) is 4.11. The van der Waals surface area contributed by atoms with Crippen molar-refractivity contribution in [2.45, 2.75) is 20.8 Å². The second kappa shape index (κ2) is 9.01. The van der Waals surface area contributed by atoms with Crippen LogP contribution < -0.4 is 5.32 Å². The maximum atomic E-state index is 12.7. The number of ether oxygens (including phenoxy) is 2. The van der Waals surface area contributed by atoms with Gasteiger partial charge in [-0.2, -0.15) is 5.10 Å². The predicted molar refractivity (Wildman–Crippen MR) is 111 cm³/mol. The minimum Gasteiger partial charge on any atom is -0.462 e. The van der Waals surface area contributed by atoms with Gasteiger partial charge in [0.1, 0.15) is 9.88 Å². The Balaban J connectivity index is 1.90. The van der Waals surface area contributed by atoms with Gasteiger partial charge in [0.2, 0.25) is 0 Å². The summed E-state index contributed by atoms with van der Waals surface area (Å²) in [7, 11) is 0. The second-order valence-electron chi connectivity index (χ2n) is 5.80. The van der Waals surface area contributed by atoms with Gasteiger partial charge in [0.05, 0.1) is 29.3 Å². The average Bonchev–Trinajstić information content (AvgIpc) is 3.42. The van der Waals surface area contributed by atoms with E-state index in [1.807, 2.05) is 17.5 Å². The highest BCUT2D eigenvalue weighted by Crippen LogP contribution is 2.34. The van der Waals surface area contributed by atoms with Crippen LogP contribution in [0.1, 0.15) is 49.9 Å². The zero-order valence-electron chi connectivity index (χ0n) is 16.0. The van der Waals surface area contributed by atoms with Gasteiger partial charge in [-0.05, 0) is 43.8 Å². The van der Waals surface area contributed by atoms with Crippen molar-refractivity contribution in [3.63, 3.8) is 0 Å². The fraction of sp³-hybridized carbons (Fsp3) is 0.263. The van der Waals surface area contributed by atoms with Crippen LogP contribution in [0.3, 0.4) is 0 Å². The van der Waals surface area contributed by atoms with Gasteiger partial charge in [0.25, 0.3) is 5.91 Å². The summed E-state index contributed by atoms with van der Waals surface area (Å²) in [4.78, 5) is 38.5. The molecular formula is C19H19N3O5S2. The molecule has 3 rings (SSSR count). The highest BCUT2D eigenvalue weighted by Gasteiger charge is 2.28. The van der Waals surface area contributed by atoms with Crippen molar-refractivity contribution in [1.82, 2.24) is 10.2 Å². The smallest absolute Gasteiger partial charge is 0.348 e. The van der Waals surface area contributed by atoms with E-state index in [9.17, 15) is 14.4 Å². The molecule has 3 heterocycles. The van der Waals surface area contributed by atoms with E-state index in [4.69, 9.17) is 9.47 Å². The van der Waals surface area contributed by atoms with Gasteiger partial charge in [0.15, 0.2) is 5.69 Å². The van der Waals surface area contributed by atoms with E-state index in [1.165, 1.54) is 11.3 Å². The lowest BCUT2D eigenvalue weighted by Gasteiger charge is -2.06.